The van der Waals surface area contributed by atoms with Crippen LogP contribution in [0.2, 0.25) is 0 Å². The second-order valence-electron chi connectivity index (χ2n) is 8.03. The molecule has 0 aromatic carbocycles. The van der Waals surface area contributed by atoms with E-state index in [0.29, 0.717) is 44.1 Å². The maximum absolute atomic E-state index is 12.8. The minimum atomic E-state index is -0.0985. The molecule has 2 aromatic heterocycles. The van der Waals surface area contributed by atoms with Gasteiger partial charge in [-0.2, -0.15) is 0 Å². The van der Waals surface area contributed by atoms with Crippen LogP contribution < -0.4 is 0 Å². The van der Waals surface area contributed by atoms with Gasteiger partial charge in [-0.15, -0.1) is 0 Å². The summed E-state index contributed by atoms with van der Waals surface area (Å²) in [4.78, 5) is 28.7. The Hall–Kier alpha value is -2.54. The zero-order valence-corrected chi connectivity index (χ0v) is 18.5. The van der Waals surface area contributed by atoms with Crippen LogP contribution in [0, 0.1) is 0 Å². The van der Waals surface area contributed by atoms with Crippen LogP contribution in [0.5, 0.6) is 0 Å². The number of amides is 2. The Kier molecular flexibility index (Phi) is 7.37. The van der Waals surface area contributed by atoms with Crippen LogP contribution in [0.3, 0.4) is 0 Å². The van der Waals surface area contributed by atoms with Gasteiger partial charge in [-0.1, -0.05) is 13.8 Å². The first-order chi connectivity index (χ1) is 14.4. The van der Waals surface area contributed by atoms with Gasteiger partial charge in [0.05, 0.1) is 25.3 Å². The van der Waals surface area contributed by atoms with Crippen LogP contribution >= 0.6 is 0 Å². The van der Waals surface area contributed by atoms with E-state index in [4.69, 9.17) is 9.15 Å². The normalized spacial score (nSPS) is 19.1. The Balaban J connectivity index is 1.67. The predicted octanol–water partition coefficient (Wildman–Crippen LogP) is 3.53. The first kappa shape index (κ1) is 22.2. The van der Waals surface area contributed by atoms with Crippen molar-refractivity contribution in [3.8, 4) is 0 Å². The fraction of sp³-hybridized carbons (Fsp3) is 0.565. The van der Waals surface area contributed by atoms with Crippen molar-refractivity contribution in [1.82, 2.24) is 14.4 Å². The van der Waals surface area contributed by atoms with Crippen molar-refractivity contribution in [2.75, 3.05) is 19.6 Å². The Morgan fingerprint density at radius 2 is 1.87 bits per heavy atom. The summed E-state index contributed by atoms with van der Waals surface area (Å²) in [6, 6.07) is 7.60. The molecule has 2 unspecified atom stereocenters. The molecule has 0 N–H and O–H groups in total. The van der Waals surface area contributed by atoms with Crippen molar-refractivity contribution in [2.24, 2.45) is 0 Å². The van der Waals surface area contributed by atoms with Crippen LogP contribution in [-0.2, 0) is 22.6 Å². The number of aromatic nitrogens is 1. The molecule has 0 saturated carbocycles. The zero-order valence-electron chi connectivity index (χ0n) is 18.5. The molecule has 2 atom stereocenters. The number of hydrogen-bond acceptors (Lipinski definition) is 4. The first-order valence-electron chi connectivity index (χ1n) is 10.9. The maximum Gasteiger partial charge on any atom is 0.289 e. The van der Waals surface area contributed by atoms with Gasteiger partial charge < -0.3 is 23.5 Å². The van der Waals surface area contributed by atoms with E-state index in [9.17, 15) is 9.59 Å². The third-order valence-corrected chi connectivity index (χ3v) is 5.33. The smallest absolute Gasteiger partial charge is 0.289 e. The van der Waals surface area contributed by atoms with E-state index < -0.39 is 0 Å². The average Bonchev–Trinajstić information content (AvgIpc) is 3.36. The van der Waals surface area contributed by atoms with E-state index in [2.05, 4.69) is 11.5 Å². The van der Waals surface area contributed by atoms with E-state index in [-0.39, 0.29) is 24.0 Å². The summed E-state index contributed by atoms with van der Waals surface area (Å²) >= 11 is 0. The van der Waals surface area contributed by atoms with E-state index in [1.165, 1.54) is 0 Å². The molecule has 0 bridgehead atoms. The lowest BCUT2D eigenvalue weighted by Gasteiger charge is -2.34. The van der Waals surface area contributed by atoms with Gasteiger partial charge in [-0.3, -0.25) is 9.59 Å². The van der Waals surface area contributed by atoms with Gasteiger partial charge in [0.15, 0.2) is 5.76 Å². The zero-order chi connectivity index (χ0) is 21.7. The molecule has 1 saturated heterocycles. The number of nitrogens with zero attached hydrogens (tertiary/aromatic N) is 3. The highest BCUT2D eigenvalue weighted by molar-refractivity contribution is 5.91. The lowest BCUT2D eigenvalue weighted by Crippen LogP contribution is -2.48. The van der Waals surface area contributed by atoms with E-state index in [0.717, 1.165) is 18.7 Å². The fourth-order valence-corrected chi connectivity index (χ4v) is 3.97. The third kappa shape index (κ3) is 5.33. The molecule has 2 aromatic rings. The molecule has 2 amide bonds. The molecular formula is C23H33N3O4. The molecule has 3 rings (SSSR count). The summed E-state index contributed by atoms with van der Waals surface area (Å²) in [6.45, 7) is 10.9. The van der Waals surface area contributed by atoms with E-state index in [1.54, 1.807) is 11.0 Å². The van der Waals surface area contributed by atoms with Gasteiger partial charge in [-0.05, 0) is 44.5 Å². The monoisotopic (exact) mass is 415 g/mol. The largest absolute Gasteiger partial charge is 0.454 e. The summed E-state index contributed by atoms with van der Waals surface area (Å²) in [5.74, 6) is 1.13. The van der Waals surface area contributed by atoms with Crippen molar-refractivity contribution in [2.45, 2.75) is 65.8 Å². The van der Waals surface area contributed by atoms with Gasteiger partial charge in [0.25, 0.3) is 5.91 Å². The van der Waals surface area contributed by atoms with Crippen molar-refractivity contribution in [3.05, 3.63) is 47.7 Å². The van der Waals surface area contributed by atoms with Crippen LogP contribution in [0.15, 0.2) is 34.9 Å². The minimum Gasteiger partial charge on any atom is -0.454 e. The Labute approximate surface area is 178 Å². The summed E-state index contributed by atoms with van der Waals surface area (Å²) in [5, 5.41) is 0. The lowest BCUT2D eigenvalue weighted by atomic mass is 10.2. The van der Waals surface area contributed by atoms with Gasteiger partial charge in [0.1, 0.15) is 5.76 Å². The third-order valence-electron chi connectivity index (χ3n) is 5.33. The van der Waals surface area contributed by atoms with Crippen molar-refractivity contribution < 1.29 is 18.7 Å². The average molecular weight is 416 g/mol. The van der Waals surface area contributed by atoms with Crippen molar-refractivity contribution in [1.29, 1.82) is 0 Å². The highest BCUT2D eigenvalue weighted by atomic mass is 16.5. The molecule has 1 fully saturated rings. The molecule has 164 valence electrons. The summed E-state index contributed by atoms with van der Waals surface area (Å²) < 4.78 is 13.7. The number of carbonyl (C=O) groups excluding carboxylic acids is 2. The van der Waals surface area contributed by atoms with Crippen LogP contribution in [-0.4, -0.2) is 58.0 Å². The topological polar surface area (TPSA) is 67.9 Å². The van der Waals surface area contributed by atoms with Gasteiger partial charge in [0.2, 0.25) is 5.91 Å². The summed E-state index contributed by atoms with van der Waals surface area (Å²) in [6.07, 6.45) is 3.45. The molecule has 3 heterocycles. The molecule has 0 spiro atoms. The number of furan rings is 1. The summed E-state index contributed by atoms with van der Waals surface area (Å²) in [5.41, 5.74) is 1.05. The maximum atomic E-state index is 12.8. The standard InChI is InChI=1S/C23H33N3O4/c1-5-11-25(22(27)6-2)15-19-8-7-12-24(19)16-20-9-10-21(30-20)23(28)26-13-17(3)29-18(4)14-26/h7-10,12,17-18H,5-6,11,13-16H2,1-4H3. The van der Waals surface area contributed by atoms with Crippen molar-refractivity contribution >= 4 is 11.8 Å². The summed E-state index contributed by atoms with van der Waals surface area (Å²) in [7, 11) is 0. The SMILES string of the molecule is CCCN(Cc1cccn1Cc1ccc(C(=O)N2CC(C)OC(C)C2)o1)C(=O)CC. The highest BCUT2D eigenvalue weighted by Crippen LogP contribution is 2.18. The number of carbonyl (C=O) groups is 2. The second-order valence-corrected chi connectivity index (χ2v) is 8.03. The molecule has 0 aliphatic carbocycles. The fourth-order valence-electron chi connectivity index (χ4n) is 3.97. The van der Waals surface area contributed by atoms with Crippen molar-refractivity contribution in [3.63, 3.8) is 0 Å². The predicted molar refractivity (Wildman–Crippen MR) is 114 cm³/mol. The Morgan fingerprint density at radius 3 is 2.53 bits per heavy atom. The molecule has 30 heavy (non-hydrogen) atoms. The van der Waals surface area contributed by atoms with Gasteiger partial charge in [0, 0.05) is 37.9 Å². The number of hydrogen-bond donors (Lipinski definition) is 0. The van der Waals surface area contributed by atoms with Crippen LogP contribution in [0.4, 0.5) is 0 Å². The van der Waals surface area contributed by atoms with Crippen LogP contribution in [0.1, 0.15) is 62.5 Å². The molecule has 7 nitrogen and oxygen atoms in total. The first-order valence-corrected chi connectivity index (χ1v) is 10.9. The molecule has 1 aliphatic heterocycles. The lowest BCUT2D eigenvalue weighted by molar-refractivity contribution is -0.131. The quantitative estimate of drug-likeness (QED) is 0.662. The number of morpholine rings is 1. The Morgan fingerprint density at radius 1 is 1.13 bits per heavy atom. The van der Waals surface area contributed by atoms with Gasteiger partial charge >= 0.3 is 0 Å². The minimum absolute atomic E-state index is 0.0199. The van der Waals surface area contributed by atoms with E-state index in [1.807, 2.05) is 50.1 Å². The number of rotatable bonds is 8. The number of ether oxygens (including phenoxy) is 1. The molecular weight excluding hydrogens is 382 g/mol. The molecule has 0 radical (unpaired) electrons. The van der Waals surface area contributed by atoms with Gasteiger partial charge in [-0.25, -0.2) is 0 Å². The van der Waals surface area contributed by atoms with E-state index >= 15 is 0 Å². The van der Waals surface area contributed by atoms with Crippen LogP contribution in [0.25, 0.3) is 0 Å². The Bertz CT molecular complexity index is 846. The highest BCUT2D eigenvalue weighted by Gasteiger charge is 2.28. The molecule has 1 aliphatic rings. The molecule has 7 heteroatoms. The second kappa shape index (κ2) is 9.98.